The Hall–Kier alpha value is -0.810. The Bertz CT molecular complexity index is 390. The summed E-state index contributed by atoms with van der Waals surface area (Å²) < 4.78 is 51.1. The summed E-state index contributed by atoms with van der Waals surface area (Å²) in [5.74, 6) is -1.06. The molecule has 0 spiro atoms. The van der Waals surface area contributed by atoms with Crippen LogP contribution < -0.4 is 5.73 Å². The molecule has 0 aliphatic rings. The van der Waals surface area contributed by atoms with Crippen LogP contribution in [0.3, 0.4) is 0 Å². The maximum absolute atomic E-state index is 13.7. The molecule has 1 nitrogen and oxygen atoms in total. The molecule has 0 aliphatic heterocycles. The molecule has 0 heterocycles. The van der Waals surface area contributed by atoms with Gasteiger partial charge >= 0.3 is 6.18 Å². The lowest BCUT2D eigenvalue weighted by Gasteiger charge is -2.17. The summed E-state index contributed by atoms with van der Waals surface area (Å²) in [4.78, 5) is 0. The van der Waals surface area contributed by atoms with Crippen LogP contribution in [-0.4, -0.2) is 0 Å². The van der Waals surface area contributed by atoms with Crippen molar-refractivity contribution < 1.29 is 17.6 Å². The first-order valence-electron chi connectivity index (χ1n) is 5.34. The van der Waals surface area contributed by atoms with Crippen molar-refractivity contribution in [1.29, 1.82) is 0 Å². The van der Waals surface area contributed by atoms with Crippen LogP contribution in [-0.2, 0) is 6.18 Å². The summed E-state index contributed by atoms with van der Waals surface area (Å²) in [6.07, 6.45) is -4.24. The summed E-state index contributed by atoms with van der Waals surface area (Å²) in [6.45, 7) is 3.76. The number of nitrogens with two attached hydrogens (primary N) is 1. The molecule has 104 valence electrons. The molecule has 0 radical (unpaired) electrons. The first-order valence-corrected chi connectivity index (χ1v) is 5.34. The Morgan fingerprint density at radius 1 is 1.22 bits per heavy atom. The van der Waals surface area contributed by atoms with Gasteiger partial charge in [-0.2, -0.15) is 13.2 Å². The number of benzene rings is 1. The van der Waals surface area contributed by atoms with Crippen molar-refractivity contribution in [3.8, 4) is 0 Å². The van der Waals surface area contributed by atoms with Crippen molar-refractivity contribution in [3.05, 3.63) is 35.1 Å². The predicted octanol–water partition coefficient (Wildman–Crippen LogP) is 4.31. The number of halogens is 5. The third-order valence-electron chi connectivity index (χ3n) is 2.46. The van der Waals surface area contributed by atoms with Crippen LogP contribution in [0.25, 0.3) is 0 Å². The minimum atomic E-state index is -4.68. The Balaban J connectivity index is 0.00000289. The van der Waals surface area contributed by atoms with Gasteiger partial charge in [0, 0.05) is 11.6 Å². The maximum atomic E-state index is 13.7. The SMILES string of the molecule is CC(C)C[C@@H](N)c1cccc(C(F)(F)F)c1F.Cl. The molecular formula is C12H16ClF4N. The van der Waals surface area contributed by atoms with E-state index in [2.05, 4.69) is 0 Å². The van der Waals surface area contributed by atoms with Gasteiger partial charge < -0.3 is 5.73 Å². The fraction of sp³-hybridized carbons (Fsp3) is 0.500. The standard InChI is InChI=1S/C12H15F4N.ClH/c1-7(2)6-10(17)8-4-3-5-9(11(8)13)12(14,15)16;/h3-5,7,10H,6,17H2,1-2H3;1H/t10-;/m1./s1. The van der Waals surface area contributed by atoms with E-state index in [1.807, 2.05) is 13.8 Å². The van der Waals surface area contributed by atoms with Crippen LogP contribution in [0.2, 0.25) is 0 Å². The molecule has 6 heteroatoms. The van der Waals surface area contributed by atoms with Crippen LogP contribution in [0.5, 0.6) is 0 Å². The van der Waals surface area contributed by atoms with Gasteiger partial charge in [0.05, 0.1) is 5.56 Å². The number of hydrogen-bond donors (Lipinski definition) is 1. The first kappa shape index (κ1) is 17.2. The van der Waals surface area contributed by atoms with Crippen molar-refractivity contribution >= 4 is 12.4 Å². The average Bonchev–Trinajstić information content (AvgIpc) is 2.14. The van der Waals surface area contributed by atoms with Crippen molar-refractivity contribution in [2.24, 2.45) is 11.7 Å². The van der Waals surface area contributed by atoms with Crippen molar-refractivity contribution in [2.75, 3.05) is 0 Å². The lowest BCUT2D eigenvalue weighted by molar-refractivity contribution is -0.140. The van der Waals surface area contributed by atoms with E-state index < -0.39 is 23.6 Å². The zero-order chi connectivity index (χ0) is 13.2. The highest BCUT2D eigenvalue weighted by molar-refractivity contribution is 5.85. The highest BCUT2D eigenvalue weighted by Crippen LogP contribution is 2.34. The Morgan fingerprint density at radius 2 is 1.78 bits per heavy atom. The molecule has 1 rings (SSSR count). The van der Waals surface area contributed by atoms with E-state index in [1.165, 1.54) is 12.1 Å². The van der Waals surface area contributed by atoms with Crippen LogP contribution >= 0.6 is 12.4 Å². The van der Waals surface area contributed by atoms with Crippen molar-refractivity contribution in [2.45, 2.75) is 32.5 Å². The zero-order valence-corrected chi connectivity index (χ0v) is 10.9. The zero-order valence-electron chi connectivity index (χ0n) is 10.1. The second-order valence-corrected chi connectivity index (χ2v) is 4.44. The van der Waals surface area contributed by atoms with Gasteiger partial charge in [-0.05, 0) is 18.4 Å². The quantitative estimate of drug-likeness (QED) is 0.823. The molecule has 0 aromatic heterocycles. The van der Waals surface area contributed by atoms with Crippen LogP contribution in [0.1, 0.15) is 37.4 Å². The van der Waals surface area contributed by atoms with Gasteiger partial charge in [-0.3, -0.25) is 0 Å². The van der Waals surface area contributed by atoms with Gasteiger partial charge in [-0.15, -0.1) is 12.4 Å². The molecule has 0 bridgehead atoms. The lowest BCUT2D eigenvalue weighted by atomic mass is 9.96. The molecule has 18 heavy (non-hydrogen) atoms. The molecule has 0 saturated carbocycles. The molecule has 1 atom stereocenters. The Kier molecular flexibility index (Phi) is 6.10. The highest BCUT2D eigenvalue weighted by atomic mass is 35.5. The molecule has 0 fully saturated rings. The topological polar surface area (TPSA) is 26.0 Å². The largest absolute Gasteiger partial charge is 0.419 e. The van der Waals surface area contributed by atoms with E-state index >= 15 is 0 Å². The molecule has 0 saturated heterocycles. The third kappa shape index (κ3) is 4.14. The number of hydrogen-bond acceptors (Lipinski definition) is 1. The second kappa shape index (κ2) is 6.38. The molecule has 0 amide bonds. The predicted molar refractivity (Wildman–Crippen MR) is 65.0 cm³/mol. The molecule has 2 N–H and O–H groups in total. The Morgan fingerprint density at radius 3 is 2.22 bits per heavy atom. The fourth-order valence-electron chi connectivity index (χ4n) is 1.69. The van der Waals surface area contributed by atoms with Gasteiger partial charge in [-0.25, -0.2) is 4.39 Å². The van der Waals surface area contributed by atoms with Gasteiger partial charge in [0.15, 0.2) is 0 Å². The first-order chi connectivity index (χ1) is 7.73. The van der Waals surface area contributed by atoms with E-state index in [1.54, 1.807) is 0 Å². The monoisotopic (exact) mass is 285 g/mol. The molecule has 1 aromatic carbocycles. The van der Waals surface area contributed by atoms with Gasteiger partial charge in [0.1, 0.15) is 5.82 Å². The Labute approximate surface area is 110 Å². The fourth-order valence-corrected chi connectivity index (χ4v) is 1.69. The van der Waals surface area contributed by atoms with Gasteiger partial charge in [0.25, 0.3) is 0 Å². The van der Waals surface area contributed by atoms with Crippen LogP contribution in [0.15, 0.2) is 18.2 Å². The van der Waals surface area contributed by atoms with Crippen LogP contribution in [0.4, 0.5) is 17.6 Å². The highest BCUT2D eigenvalue weighted by Gasteiger charge is 2.35. The van der Waals surface area contributed by atoms with E-state index in [0.717, 1.165) is 6.07 Å². The van der Waals surface area contributed by atoms with E-state index in [9.17, 15) is 17.6 Å². The van der Waals surface area contributed by atoms with Gasteiger partial charge in [-0.1, -0.05) is 26.0 Å². The van der Waals surface area contributed by atoms with E-state index in [0.29, 0.717) is 6.42 Å². The second-order valence-electron chi connectivity index (χ2n) is 4.44. The van der Waals surface area contributed by atoms with E-state index in [-0.39, 0.29) is 23.9 Å². The summed E-state index contributed by atoms with van der Waals surface area (Å²) in [6, 6.07) is 2.50. The minimum absolute atomic E-state index is 0. The lowest BCUT2D eigenvalue weighted by Crippen LogP contribution is -2.17. The average molecular weight is 286 g/mol. The van der Waals surface area contributed by atoms with E-state index in [4.69, 9.17) is 5.73 Å². The van der Waals surface area contributed by atoms with Crippen LogP contribution in [0, 0.1) is 11.7 Å². The molecule has 0 unspecified atom stereocenters. The molecular weight excluding hydrogens is 270 g/mol. The summed E-state index contributed by atoms with van der Waals surface area (Å²) in [7, 11) is 0. The maximum Gasteiger partial charge on any atom is 0.419 e. The summed E-state index contributed by atoms with van der Waals surface area (Å²) in [5.41, 5.74) is 4.37. The van der Waals surface area contributed by atoms with Gasteiger partial charge in [0.2, 0.25) is 0 Å². The van der Waals surface area contributed by atoms with Crippen molar-refractivity contribution in [1.82, 2.24) is 0 Å². The number of rotatable bonds is 3. The van der Waals surface area contributed by atoms with Crippen molar-refractivity contribution in [3.63, 3.8) is 0 Å². The molecule has 1 aromatic rings. The molecule has 0 aliphatic carbocycles. The third-order valence-corrected chi connectivity index (χ3v) is 2.46. The number of alkyl halides is 3. The smallest absolute Gasteiger partial charge is 0.324 e. The normalized spacial score (nSPS) is 13.3. The summed E-state index contributed by atoms with van der Waals surface area (Å²) >= 11 is 0. The summed E-state index contributed by atoms with van der Waals surface area (Å²) in [5, 5.41) is 0. The minimum Gasteiger partial charge on any atom is -0.324 e.